The fourth-order valence-corrected chi connectivity index (χ4v) is 2.32. The third kappa shape index (κ3) is 3.84. The number of hydrogen-bond donors (Lipinski definition) is 1. The van der Waals surface area contributed by atoms with Crippen LogP contribution in [-0.2, 0) is 6.42 Å². The van der Waals surface area contributed by atoms with Gasteiger partial charge in [0.15, 0.2) is 0 Å². The zero-order valence-corrected chi connectivity index (χ0v) is 12.3. The SMILES string of the molecule is CCCc1ccc(OCC(N)c2ccccc2C)cc1. The lowest BCUT2D eigenvalue weighted by Gasteiger charge is -2.15. The van der Waals surface area contributed by atoms with Gasteiger partial charge in [-0.05, 0) is 42.2 Å². The monoisotopic (exact) mass is 269 g/mol. The zero-order valence-electron chi connectivity index (χ0n) is 12.3. The van der Waals surface area contributed by atoms with Crippen LogP contribution in [0.3, 0.4) is 0 Å². The molecule has 0 fully saturated rings. The number of aryl methyl sites for hydroxylation is 2. The molecule has 0 aliphatic rings. The molecule has 0 aliphatic heterocycles. The van der Waals surface area contributed by atoms with E-state index in [2.05, 4.69) is 38.1 Å². The van der Waals surface area contributed by atoms with Crippen molar-refractivity contribution in [1.82, 2.24) is 0 Å². The summed E-state index contributed by atoms with van der Waals surface area (Å²) < 4.78 is 5.79. The first kappa shape index (κ1) is 14.6. The molecular weight excluding hydrogens is 246 g/mol. The molecule has 2 N–H and O–H groups in total. The van der Waals surface area contributed by atoms with Crippen molar-refractivity contribution in [3.63, 3.8) is 0 Å². The molecule has 0 aromatic heterocycles. The molecule has 2 aromatic rings. The second-order valence-corrected chi connectivity index (χ2v) is 5.17. The minimum absolute atomic E-state index is 0.0912. The molecule has 0 saturated carbocycles. The Labute approximate surface area is 121 Å². The van der Waals surface area contributed by atoms with Crippen LogP contribution in [0.15, 0.2) is 48.5 Å². The van der Waals surface area contributed by atoms with Gasteiger partial charge in [0, 0.05) is 0 Å². The van der Waals surface area contributed by atoms with Crippen LogP contribution < -0.4 is 10.5 Å². The molecule has 2 heteroatoms. The molecule has 0 amide bonds. The molecule has 0 aliphatic carbocycles. The molecule has 1 unspecified atom stereocenters. The van der Waals surface area contributed by atoms with Crippen LogP contribution in [0.2, 0.25) is 0 Å². The van der Waals surface area contributed by atoms with E-state index in [-0.39, 0.29) is 6.04 Å². The average molecular weight is 269 g/mol. The van der Waals surface area contributed by atoms with Crippen molar-refractivity contribution in [3.05, 3.63) is 65.2 Å². The highest BCUT2D eigenvalue weighted by atomic mass is 16.5. The van der Waals surface area contributed by atoms with Gasteiger partial charge in [0.1, 0.15) is 12.4 Å². The first-order valence-electron chi connectivity index (χ1n) is 7.23. The van der Waals surface area contributed by atoms with Crippen molar-refractivity contribution in [1.29, 1.82) is 0 Å². The summed E-state index contributed by atoms with van der Waals surface area (Å²) in [4.78, 5) is 0. The second kappa shape index (κ2) is 7.11. The van der Waals surface area contributed by atoms with Gasteiger partial charge in [0.25, 0.3) is 0 Å². The Hall–Kier alpha value is -1.80. The van der Waals surface area contributed by atoms with Crippen LogP contribution in [0.25, 0.3) is 0 Å². The molecule has 2 aromatic carbocycles. The van der Waals surface area contributed by atoms with E-state index in [1.165, 1.54) is 17.5 Å². The van der Waals surface area contributed by atoms with E-state index in [1.807, 2.05) is 24.3 Å². The third-order valence-corrected chi connectivity index (χ3v) is 3.48. The second-order valence-electron chi connectivity index (χ2n) is 5.17. The predicted molar refractivity (Wildman–Crippen MR) is 84.0 cm³/mol. The molecule has 0 spiro atoms. The molecular formula is C18H23NO. The molecule has 0 bridgehead atoms. The molecule has 0 saturated heterocycles. The Morgan fingerprint density at radius 1 is 1.05 bits per heavy atom. The van der Waals surface area contributed by atoms with E-state index in [4.69, 9.17) is 10.5 Å². The average Bonchev–Trinajstić information content (AvgIpc) is 2.47. The van der Waals surface area contributed by atoms with Crippen molar-refractivity contribution in [2.75, 3.05) is 6.61 Å². The van der Waals surface area contributed by atoms with Crippen LogP contribution in [0.5, 0.6) is 5.75 Å². The van der Waals surface area contributed by atoms with Gasteiger partial charge in [0.05, 0.1) is 6.04 Å². The summed E-state index contributed by atoms with van der Waals surface area (Å²) in [5.41, 5.74) is 9.90. The standard InChI is InChI=1S/C18H23NO/c1-3-6-15-9-11-16(12-10-15)20-13-18(19)17-8-5-4-7-14(17)2/h4-5,7-12,18H,3,6,13,19H2,1-2H3. The zero-order chi connectivity index (χ0) is 14.4. The Bertz CT molecular complexity index is 533. The molecule has 2 nitrogen and oxygen atoms in total. The van der Waals surface area contributed by atoms with Gasteiger partial charge in [-0.15, -0.1) is 0 Å². The van der Waals surface area contributed by atoms with E-state index in [9.17, 15) is 0 Å². The topological polar surface area (TPSA) is 35.2 Å². The first-order chi connectivity index (χ1) is 9.70. The van der Waals surface area contributed by atoms with Crippen molar-refractivity contribution >= 4 is 0 Å². The van der Waals surface area contributed by atoms with Crippen LogP contribution in [0, 0.1) is 6.92 Å². The molecule has 2 rings (SSSR count). The summed E-state index contributed by atoms with van der Waals surface area (Å²) in [6.07, 6.45) is 2.28. The van der Waals surface area contributed by atoms with Gasteiger partial charge < -0.3 is 10.5 Å². The fourth-order valence-electron chi connectivity index (χ4n) is 2.32. The first-order valence-corrected chi connectivity index (χ1v) is 7.23. The highest BCUT2D eigenvalue weighted by Crippen LogP contribution is 2.18. The number of hydrogen-bond acceptors (Lipinski definition) is 2. The van der Waals surface area contributed by atoms with Crippen molar-refractivity contribution in [2.45, 2.75) is 32.7 Å². The lowest BCUT2D eigenvalue weighted by Crippen LogP contribution is -2.19. The van der Waals surface area contributed by atoms with Crippen LogP contribution >= 0.6 is 0 Å². The smallest absolute Gasteiger partial charge is 0.119 e. The maximum atomic E-state index is 6.20. The largest absolute Gasteiger partial charge is 0.492 e. The Morgan fingerprint density at radius 3 is 2.40 bits per heavy atom. The maximum Gasteiger partial charge on any atom is 0.119 e. The lowest BCUT2D eigenvalue weighted by molar-refractivity contribution is 0.290. The van der Waals surface area contributed by atoms with Gasteiger partial charge in [-0.3, -0.25) is 0 Å². The van der Waals surface area contributed by atoms with Gasteiger partial charge in [-0.2, -0.15) is 0 Å². The number of rotatable bonds is 6. The summed E-state index contributed by atoms with van der Waals surface area (Å²) in [6.45, 7) is 4.76. The summed E-state index contributed by atoms with van der Waals surface area (Å²) in [6, 6.07) is 16.4. The molecule has 0 radical (unpaired) electrons. The molecule has 20 heavy (non-hydrogen) atoms. The quantitative estimate of drug-likeness (QED) is 0.859. The van der Waals surface area contributed by atoms with Crippen molar-refractivity contribution in [3.8, 4) is 5.75 Å². The van der Waals surface area contributed by atoms with E-state index in [1.54, 1.807) is 0 Å². The molecule has 0 heterocycles. The minimum Gasteiger partial charge on any atom is -0.492 e. The summed E-state index contributed by atoms with van der Waals surface area (Å²) in [5.74, 6) is 0.883. The van der Waals surface area contributed by atoms with Crippen molar-refractivity contribution in [2.24, 2.45) is 5.73 Å². The highest BCUT2D eigenvalue weighted by molar-refractivity contribution is 5.30. The Kier molecular flexibility index (Phi) is 5.19. The minimum atomic E-state index is -0.0912. The van der Waals surface area contributed by atoms with Crippen molar-refractivity contribution < 1.29 is 4.74 Å². The Morgan fingerprint density at radius 2 is 1.75 bits per heavy atom. The van der Waals surface area contributed by atoms with Gasteiger partial charge in [-0.25, -0.2) is 0 Å². The van der Waals surface area contributed by atoms with E-state index in [0.717, 1.165) is 17.7 Å². The fraction of sp³-hybridized carbons (Fsp3) is 0.333. The number of benzene rings is 2. The van der Waals surface area contributed by atoms with Gasteiger partial charge >= 0.3 is 0 Å². The van der Waals surface area contributed by atoms with E-state index >= 15 is 0 Å². The number of ether oxygens (including phenoxy) is 1. The Balaban J connectivity index is 1.93. The summed E-state index contributed by atoms with van der Waals surface area (Å²) in [5, 5.41) is 0. The molecule has 1 atom stereocenters. The summed E-state index contributed by atoms with van der Waals surface area (Å²) in [7, 11) is 0. The normalized spacial score (nSPS) is 12.2. The van der Waals surface area contributed by atoms with Crippen LogP contribution in [0.4, 0.5) is 0 Å². The highest BCUT2D eigenvalue weighted by Gasteiger charge is 2.09. The third-order valence-electron chi connectivity index (χ3n) is 3.48. The maximum absolute atomic E-state index is 6.20. The predicted octanol–water partition coefficient (Wildman–Crippen LogP) is 4.03. The van der Waals surface area contributed by atoms with Crippen LogP contribution in [0.1, 0.15) is 36.1 Å². The van der Waals surface area contributed by atoms with E-state index in [0.29, 0.717) is 6.61 Å². The van der Waals surface area contributed by atoms with Crippen LogP contribution in [-0.4, -0.2) is 6.61 Å². The number of nitrogens with two attached hydrogens (primary N) is 1. The lowest BCUT2D eigenvalue weighted by atomic mass is 10.0. The summed E-state index contributed by atoms with van der Waals surface area (Å²) >= 11 is 0. The van der Waals surface area contributed by atoms with E-state index < -0.39 is 0 Å². The molecule has 106 valence electrons. The van der Waals surface area contributed by atoms with Gasteiger partial charge in [-0.1, -0.05) is 49.7 Å². The van der Waals surface area contributed by atoms with Gasteiger partial charge in [0.2, 0.25) is 0 Å².